The van der Waals surface area contributed by atoms with Gasteiger partial charge in [0.15, 0.2) is 5.82 Å². The van der Waals surface area contributed by atoms with Crippen LogP contribution >= 0.6 is 0 Å². The van der Waals surface area contributed by atoms with Crippen LogP contribution in [0.25, 0.3) is 5.69 Å². The minimum atomic E-state index is -2.54. The van der Waals surface area contributed by atoms with Crippen molar-refractivity contribution in [1.29, 1.82) is 0 Å². The van der Waals surface area contributed by atoms with Crippen LogP contribution in [0.15, 0.2) is 30.6 Å². The summed E-state index contributed by atoms with van der Waals surface area (Å²) in [7, 11) is 0. The molecule has 1 aliphatic heterocycles. The van der Waals surface area contributed by atoms with Crippen molar-refractivity contribution in [3.8, 4) is 5.69 Å². The highest BCUT2D eigenvalue weighted by atomic mass is 32.2. The van der Waals surface area contributed by atoms with E-state index in [2.05, 4.69) is 24.9 Å². The number of halogens is 2. The maximum Gasteiger partial charge on any atom is 0.167 e. The molecule has 12 heteroatoms. The molecule has 1 unspecified atom stereocenters. The number of aromatic nitrogens is 5. The predicted molar refractivity (Wildman–Crippen MR) is 114 cm³/mol. The monoisotopic (exact) mass is 477 g/mol. The van der Waals surface area contributed by atoms with Crippen molar-refractivity contribution in [2.75, 3.05) is 6.61 Å². The number of hydrogen-bond donors (Lipinski definition) is 1. The van der Waals surface area contributed by atoms with Crippen LogP contribution in [0, 0.1) is 18.6 Å². The molecule has 3 heterocycles. The summed E-state index contributed by atoms with van der Waals surface area (Å²) in [6.07, 6.45) is 4.30. The maximum atomic E-state index is 14.8. The first-order valence-electron chi connectivity index (χ1n) is 10.5. The average Bonchev–Trinajstić information content (AvgIpc) is 3.42. The van der Waals surface area contributed by atoms with Gasteiger partial charge in [0, 0.05) is 48.6 Å². The summed E-state index contributed by atoms with van der Waals surface area (Å²) in [5.41, 5.74) is 0.530. The number of nitrogens with zero attached hydrogens (tertiary/aromatic N) is 5. The van der Waals surface area contributed by atoms with Crippen molar-refractivity contribution in [1.82, 2.24) is 29.5 Å². The standard InChI is InChI=1S/C21H24F2N6O3S/c1-12-10-24-20(25-11-12)14(13(2)28-33(30)31)9-18-26-27-21(17-7-4-8-32-17)29(18)19-15(22)5-3-6-16(19)23/h3,5-6,10-11,13-14,17,28H,4,7-9H2,1-2H3,(H,30,31)/p-1/t13-,14-,17+/m1/s1. The number of para-hydroxylation sites is 1. The Morgan fingerprint density at radius 2 is 1.97 bits per heavy atom. The number of benzene rings is 1. The molecule has 0 amide bonds. The van der Waals surface area contributed by atoms with E-state index in [-0.39, 0.29) is 17.9 Å². The smallest absolute Gasteiger partial charge is 0.167 e. The van der Waals surface area contributed by atoms with E-state index in [1.54, 1.807) is 19.3 Å². The molecule has 0 aliphatic carbocycles. The summed E-state index contributed by atoms with van der Waals surface area (Å²) < 4.78 is 61.7. The summed E-state index contributed by atoms with van der Waals surface area (Å²) in [6.45, 7) is 4.01. The quantitative estimate of drug-likeness (QED) is 0.496. The summed E-state index contributed by atoms with van der Waals surface area (Å²) >= 11 is -2.54. The van der Waals surface area contributed by atoms with Gasteiger partial charge in [-0.05, 0) is 44.4 Å². The van der Waals surface area contributed by atoms with Crippen molar-refractivity contribution in [3.63, 3.8) is 0 Å². The van der Waals surface area contributed by atoms with E-state index in [4.69, 9.17) is 4.74 Å². The summed E-state index contributed by atoms with van der Waals surface area (Å²) in [4.78, 5) is 8.69. The third kappa shape index (κ3) is 5.13. The molecule has 33 heavy (non-hydrogen) atoms. The highest BCUT2D eigenvalue weighted by molar-refractivity contribution is 7.77. The summed E-state index contributed by atoms with van der Waals surface area (Å²) in [6, 6.07) is 2.97. The van der Waals surface area contributed by atoms with Crippen LogP contribution in [-0.2, 0) is 22.4 Å². The zero-order valence-corrected chi connectivity index (χ0v) is 18.9. The molecule has 1 aromatic carbocycles. The number of nitrogens with one attached hydrogen (secondary N) is 1. The molecule has 0 bridgehead atoms. The molecule has 4 atom stereocenters. The Labute approximate surface area is 192 Å². The lowest BCUT2D eigenvalue weighted by Crippen LogP contribution is -2.36. The molecule has 1 N–H and O–H groups in total. The normalized spacial score (nSPS) is 18.9. The lowest BCUT2D eigenvalue weighted by atomic mass is 9.96. The molecule has 0 saturated carbocycles. The van der Waals surface area contributed by atoms with Crippen molar-refractivity contribution in [2.45, 2.75) is 51.2 Å². The van der Waals surface area contributed by atoms with Gasteiger partial charge in [-0.1, -0.05) is 6.07 Å². The number of rotatable bonds is 8. The van der Waals surface area contributed by atoms with Crippen LogP contribution < -0.4 is 4.72 Å². The van der Waals surface area contributed by atoms with Gasteiger partial charge in [-0.15, -0.1) is 10.2 Å². The van der Waals surface area contributed by atoms with E-state index in [1.807, 2.05) is 6.92 Å². The second kappa shape index (κ2) is 10.1. The van der Waals surface area contributed by atoms with Gasteiger partial charge in [-0.2, -0.15) is 0 Å². The van der Waals surface area contributed by atoms with E-state index in [0.29, 0.717) is 24.7 Å². The van der Waals surface area contributed by atoms with E-state index in [9.17, 15) is 17.5 Å². The highest BCUT2D eigenvalue weighted by Crippen LogP contribution is 2.33. The van der Waals surface area contributed by atoms with Gasteiger partial charge >= 0.3 is 0 Å². The molecule has 2 aromatic heterocycles. The van der Waals surface area contributed by atoms with Gasteiger partial charge in [-0.25, -0.2) is 23.5 Å². The Hall–Kier alpha value is -2.67. The van der Waals surface area contributed by atoms with E-state index >= 15 is 0 Å². The summed E-state index contributed by atoms with van der Waals surface area (Å²) in [5.74, 6) is -1.23. The van der Waals surface area contributed by atoms with Gasteiger partial charge in [0.2, 0.25) is 0 Å². The molecule has 1 fully saturated rings. The van der Waals surface area contributed by atoms with Gasteiger partial charge in [-0.3, -0.25) is 8.78 Å². The van der Waals surface area contributed by atoms with Gasteiger partial charge < -0.3 is 9.29 Å². The van der Waals surface area contributed by atoms with Gasteiger partial charge in [0.1, 0.15) is 35.1 Å². The Balaban J connectivity index is 1.81. The number of aryl methyl sites for hydroxylation is 1. The molecule has 176 valence electrons. The fourth-order valence-corrected chi connectivity index (χ4v) is 4.38. The van der Waals surface area contributed by atoms with Crippen LogP contribution in [0.1, 0.15) is 54.8 Å². The summed E-state index contributed by atoms with van der Waals surface area (Å²) in [5, 5.41) is 8.44. The zero-order valence-electron chi connectivity index (χ0n) is 18.1. The van der Waals surface area contributed by atoms with Crippen molar-refractivity contribution in [2.24, 2.45) is 0 Å². The van der Waals surface area contributed by atoms with Gasteiger partial charge in [0.25, 0.3) is 0 Å². The average molecular weight is 478 g/mol. The van der Waals surface area contributed by atoms with Gasteiger partial charge in [0.05, 0.1) is 0 Å². The number of hydrogen-bond acceptors (Lipinski definition) is 7. The fourth-order valence-electron chi connectivity index (χ4n) is 3.91. The predicted octanol–water partition coefficient (Wildman–Crippen LogP) is 2.59. The second-order valence-electron chi connectivity index (χ2n) is 7.95. The third-order valence-electron chi connectivity index (χ3n) is 5.55. The second-order valence-corrected chi connectivity index (χ2v) is 8.66. The zero-order chi connectivity index (χ0) is 23.5. The van der Waals surface area contributed by atoms with Crippen molar-refractivity contribution < 1.29 is 22.3 Å². The molecular weight excluding hydrogens is 454 g/mol. The highest BCUT2D eigenvalue weighted by Gasteiger charge is 2.31. The Morgan fingerprint density at radius 3 is 2.58 bits per heavy atom. The van der Waals surface area contributed by atoms with Crippen molar-refractivity contribution in [3.05, 3.63) is 65.3 Å². The van der Waals surface area contributed by atoms with Crippen LogP contribution in [0.4, 0.5) is 8.78 Å². The van der Waals surface area contributed by atoms with Crippen LogP contribution in [-0.4, -0.2) is 46.1 Å². The van der Waals surface area contributed by atoms with E-state index in [0.717, 1.165) is 24.1 Å². The van der Waals surface area contributed by atoms with Crippen LogP contribution in [0.3, 0.4) is 0 Å². The van der Waals surface area contributed by atoms with E-state index in [1.165, 1.54) is 10.6 Å². The molecule has 1 aliphatic rings. The topological polar surface area (TPSA) is 118 Å². The molecule has 0 spiro atoms. The third-order valence-corrected chi connectivity index (χ3v) is 6.12. The maximum absolute atomic E-state index is 14.8. The van der Waals surface area contributed by atoms with Crippen LogP contribution in [0.5, 0.6) is 0 Å². The van der Waals surface area contributed by atoms with E-state index < -0.39 is 41.0 Å². The number of ether oxygens (including phenoxy) is 1. The minimum absolute atomic E-state index is 0.0714. The molecule has 4 rings (SSSR count). The minimum Gasteiger partial charge on any atom is -0.760 e. The van der Waals surface area contributed by atoms with Crippen LogP contribution in [0.2, 0.25) is 0 Å². The molecule has 3 aromatic rings. The fraction of sp³-hybridized carbons (Fsp3) is 0.429. The first-order chi connectivity index (χ1) is 15.8. The SMILES string of the molecule is Cc1cnc([C@H](Cc2nnc([C@@H]3CCCO3)n2-c2c(F)cccc2F)[C@@H](C)NS(=O)[O-])nc1. The molecule has 0 radical (unpaired) electrons. The Morgan fingerprint density at radius 1 is 1.27 bits per heavy atom. The van der Waals surface area contributed by atoms with Crippen molar-refractivity contribution >= 4 is 11.3 Å². The Bertz CT molecular complexity index is 1120. The molecule has 1 saturated heterocycles. The molecule has 9 nitrogen and oxygen atoms in total. The first-order valence-corrected chi connectivity index (χ1v) is 11.6. The molecular formula is C21H23F2N6O3S-. The first kappa shape index (κ1) is 23.5. The lowest BCUT2D eigenvalue weighted by Gasteiger charge is -2.25. The Kier molecular flexibility index (Phi) is 7.17. The lowest BCUT2D eigenvalue weighted by molar-refractivity contribution is 0.103. The largest absolute Gasteiger partial charge is 0.760 e.